The summed E-state index contributed by atoms with van der Waals surface area (Å²) in [5.74, 6) is 0.827. The van der Waals surface area contributed by atoms with Crippen molar-refractivity contribution in [2.75, 3.05) is 31.1 Å². The molecule has 0 unspecified atom stereocenters. The maximum Gasteiger partial charge on any atom is 0.241 e. The minimum Gasteiger partial charge on any atom is -0.474 e. The van der Waals surface area contributed by atoms with Gasteiger partial charge in [-0.3, -0.25) is 9.69 Å². The van der Waals surface area contributed by atoms with Crippen LogP contribution in [-0.4, -0.2) is 57.7 Å². The fourth-order valence-corrected chi connectivity index (χ4v) is 4.09. The van der Waals surface area contributed by atoms with Gasteiger partial charge in [-0.25, -0.2) is 4.52 Å². The monoisotopic (exact) mass is 377 g/mol. The number of fused-ring (bicyclic) bond motifs is 2. The molecule has 0 spiro atoms. The molecular formula is C21H23N5O2. The molecule has 0 aliphatic carbocycles. The summed E-state index contributed by atoms with van der Waals surface area (Å²) in [6.45, 7) is 2.99. The number of rotatable bonds is 4. The van der Waals surface area contributed by atoms with Gasteiger partial charge in [0.25, 0.3) is 0 Å². The molecule has 7 heteroatoms. The molecule has 0 atom stereocenters. The summed E-state index contributed by atoms with van der Waals surface area (Å²) in [6.07, 6.45) is 6.47. The molecule has 2 aliphatic heterocycles. The van der Waals surface area contributed by atoms with E-state index in [1.807, 2.05) is 41.4 Å². The lowest BCUT2D eigenvalue weighted by Gasteiger charge is -2.32. The quantitative estimate of drug-likeness (QED) is 0.697. The molecule has 4 heterocycles. The molecule has 1 fully saturated rings. The summed E-state index contributed by atoms with van der Waals surface area (Å²) in [5.41, 5.74) is 3.13. The van der Waals surface area contributed by atoms with E-state index in [1.165, 1.54) is 5.56 Å². The Bertz CT molecular complexity index is 993. The van der Waals surface area contributed by atoms with Crippen LogP contribution in [0.1, 0.15) is 18.4 Å². The first kappa shape index (κ1) is 17.2. The first-order chi connectivity index (χ1) is 13.8. The normalized spacial score (nSPS) is 17.8. The third-order valence-electron chi connectivity index (χ3n) is 5.60. The van der Waals surface area contributed by atoms with Gasteiger partial charge in [-0.2, -0.15) is 10.1 Å². The standard InChI is InChI=1S/C21H23N5O2/c27-21(25-13-6-16-3-1-2-4-18(16)25)15-24-11-7-17(8-12-24)28-20-9-14-26-19(23-20)5-10-22-26/h1-5,9-10,14,17H,6-8,11-13,15H2. The van der Waals surface area contributed by atoms with Crippen LogP contribution in [0, 0.1) is 0 Å². The van der Waals surface area contributed by atoms with Gasteiger partial charge in [-0.15, -0.1) is 0 Å². The summed E-state index contributed by atoms with van der Waals surface area (Å²) in [5, 5.41) is 4.15. The van der Waals surface area contributed by atoms with Gasteiger partial charge in [-0.05, 0) is 30.9 Å². The van der Waals surface area contributed by atoms with Crippen LogP contribution in [0.15, 0.2) is 48.8 Å². The largest absolute Gasteiger partial charge is 0.474 e. The molecule has 5 rings (SSSR count). The van der Waals surface area contributed by atoms with E-state index in [-0.39, 0.29) is 12.0 Å². The molecule has 28 heavy (non-hydrogen) atoms. The summed E-state index contributed by atoms with van der Waals surface area (Å²) < 4.78 is 7.78. The summed E-state index contributed by atoms with van der Waals surface area (Å²) in [6, 6.07) is 11.9. The van der Waals surface area contributed by atoms with Crippen molar-refractivity contribution in [2.24, 2.45) is 0 Å². The number of benzene rings is 1. The second kappa shape index (κ2) is 7.24. The van der Waals surface area contributed by atoms with Crippen molar-refractivity contribution in [2.45, 2.75) is 25.4 Å². The lowest BCUT2D eigenvalue weighted by atomic mass is 10.1. The first-order valence-corrected chi connectivity index (χ1v) is 9.84. The van der Waals surface area contributed by atoms with Crippen LogP contribution in [0.4, 0.5) is 5.69 Å². The van der Waals surface area contributed by atoms with E-state index < -0.39 is 0 Å². The van der Waals surface area contributed by atoms with Gasteiger partial charge >= 0.3 is 0 Å². The zero-order valence-corrected chi connectivity index (χ0v) is 15.7. The Balaban J connectivity index is 1.15. The topological polar surface area (TPSA) is 63.0 Å². The van der Waals surface area contributed by atoms with Crippen molar-refractivity contribution in [3.05, 3.63) is 54.4 Å². The SMILES string of the molecule is O=C(CN1CCC(Oc2ccn3nccc3n2)CC1)N1CCc2ccccc21. The smallest absolute Gasteiger partial charge is 0.241 e. The van der Waals surface area contributed by atoms with Crippen LogP contribution in [-0.2, 0) is 11.2 Å². The number of amides is 1. The number of carbonyl (C=O) groups excluding carboxylic acids is 1. The van der Waals surface area contributed by atoms with E-state index in [2.05, 4.69) is 21.0 Å². The number of likely N-dealkylation sites (tertiary alicyclic amines) is 1. The molecule has 0 N–H and O–H groups in total. The highest BCUT2D eigenvalue weighted by atomic mass is 16.5. The number of nitrogens with zero attached hydrogens (tertiary/aromatic N) is 5. The Labute approximate surface area is 163 Å². The molecule has 144 valence electrons. The number of para-hydroxylation sites is 1. The summed E-state index contributed by atoms with van der Waals surface area (Å²) in [7, 11) is 0. The molecule has 1 aromatic carbocycles. The van der Waals surface area contributed by atoms with Crippen molar-refractivity contribution in [3.8, 4) is 5.88 Å². The zero-order chi connectivity index (χ0) is 18.9. The van der Waals surface area contributed by atoms with Crippen LogP contribution in [0.5, 0.6) is 5.88 Å². The maximum absolute atomic E-state index is 12.8. The predicted octanol–water partition coefficient (Wildman–Crippen LogP) is 2.16. The third kappa shape index (κ3) is 3.33. The summed E-state index contributed by atoms with van der Waals surface area (Å²) >= 11 is 0. The lowest BCUT2D eigenvalue weighted by Crippen LogP contribution is -2.45. The number of aromatic nitrogens is 3. The lowest BCUT2D eigenvalue weighted by molar-refractivity contribution is -0.120. The number of hydrogen-bond donors (Lipinski definition) is 0. The zero-order valence-electron chi connectivity index (χ0n) is 15.7. The van der Waals surface area contributed by atoms with E-state index in [1.54, 1.807) is 10.7 Å². The van der Waals surface area contributed by atoms with Gasteiger partial charge in [-0.1, -0.05) is 18.2 Å². The van der Waals surface area contributed by atoms with Crippen molar-refractivity contribution in [3.63, 3.8) is 0 Å². The van der Waals surface area contributed by atoms with E-state index in [9.17, 15) is 4.79 Å². The molecule has 2 aromatic heterocycles. The van der Waals surface area contributed by atoms with E-state index in [0.717, 1.165) is 50.2 Å². The molecule has 0 saturated carbocycles. The van der Waals surface area contributed by atoms with Crippen LogP contribution < -0.4 is 9.64 Å². The molecular weight excluding hydrogens is 354 g/mol. The molecule has 0 radical (unpaired) electrons. The highest BCUT2D eigenvalue weighted by Gasteiger charge is 2.28. The second-order valence-electron chi connectivity index (χ2n) is 7.42. The first-order valence-electron chi connectivity index (χ1n) is 9.84. The van der Waals surface area contributed by atoms with Gasteiger partial charge in [0.15, 0.2) is 5.65 Å². The van der Waals surface area contributed by atoms with Crippen LogP contribution >= 0.6 is 0 Å². The Hall–Kier alpha value is -2.93. The molecule has 2 aliphatic rings. The minimum absolute atomic E-state index is 0.136. The van der Waals surface area contributed by atoms with Crippen LogP contribution in [0.2, 0.25) is 0 Å². The van der Waals surface area contributed by atoms with Crippen molar-refractivity contribution >= 4 is 17.2 Å². The fourth-order valence-electron chi connectivity index (χ4n) is 4.09. The van der Waals surface area contributed by atoms with E-state index in [0.29, 0.717) is 12.4 Å². The number of piperidine rings is 1. The number of carbonyl (C=O) groups is 1. The van der Waals surface area contributed by atoms with E-state index in [4.69, 9.17) is 4.74 Å². The highest BCUT2D eigenvalue weighted by molar-refractivity contribution is 5.96. The Kier molecular flexibility index (Phi) is 4.44. The van der Waals surface area contributed by atoms with E-state index >= 15 is 0 Å². The third-order valence-corrected chi connectivity index (χ3v) is 5.60. The van der Waals surface area contributed by atoms with Crippen molar-refractivity contribution < 1.29 is 9.53 Å². The highest BCUT2D eigenvalue weighted by Crippen LogP contribution is 2.27. The number of ether oxygens (including phenoxy) is 1. The minimum atomic E-state index is 0.136. The predicted molar refractivity (Wildman–Crippen MR) is 106 cm³/mol. The Morgan fingerprint density at radius 3 is 2.86 bits per heavy atom. The molecule has 7 nitrogen and oxygen atoms in total. The van der Waals surface area contributed by atoms with Gasteiger partial charge in [0.1, 0.15) is 6.10 Å². The van der Waals surface area contributed by atoms with Crippen LogP contribution in [0.25, 0.3) is 5.65 Å². The van der Waals surface area contributed by atoms with Crippen molar-refractivity contribution in [1.82, 2.24) is 19.5 Å². The molecule has 1 saturated heterocycles. The van der Waals surface area contributed by atoms with Crippen LogP contribution in [0.3, 0.4) is 0 Å². The average Bonchev–Trinajstić information content (AvgIpc) is 3.36. The van der Waals surface area contributed by atoms with Gasteiger partial charge in [0.05, 0.1) is 12.7 Å². The molecule has 3 aromatic rings. The second-order valence-corrected chi connectivity index (χ2v) is 7.42. The van der Waals surface area contributed by atoms with Crippen molar-refractivity contribution in [1.29, 1.82) is 0 Å². The number of anilines is 1. The Morgan fingerprint density at radius 1 is 1.11 bits per heavy atom. The average molecular weight is 377 g/mol. The Morgan fingerprint density at radius 2 is 1.96 bits per heavy atom. The van der Waals surface area contributed by atoms with Gasteiger partial charge < -0.3 is 9.64 Å². The fraction of sp³-hybridized carbons (Fsp3) is 0.381. The van der Waals surface area contributed by atoms with Gasteiger partial charge in [0.2, 0.25) is 11.8 Å². The molecule has 0 bridgehead atoms. The van der Waals surface area contributed by atoms with Gasteiger partial charge in [0, 0.05) is 43.7 Å². The summed E-state index contributed by atoms with van der Waals surface area (Å²) in [4.78, 5) is 21.4. The molecule has 1 amide bonds. The maximum atomic E-state index is 12.8. The number of hydrogen-bond acceptors (Lipinski definition) is 5.